The SMILES string of the molecule is COc1cc(C=C2C(=O)N(c3ccc(C)c(Cl)c3)C(=S)N(c3ccc(C)c(Cl)c3)C2=O)cc(Cl)c1OCc1ccc(Cl)cc1Cl. The highest BCUT2D eigenvalue weighted by molar-refractivity contribution is 7.81. The highest BCUT2D eigenvalue weighted by atomic mass is 35.5. The van der Waals surface area contributed by atoms with Gasteiger partial charge in [-0.15, -0.1) is 0 Å². The summed E-state index contributed by atoms with van der Waals surface area (Å²) in [6.07, 6.45) is 1.42. The molecule has 4 aromatic carbocycles. The molecule has 1 aliphatic heterocycles. The summed E-state index contributed by atoms with van der Waals surface area (Å²) in [7, 11) is 1.45. The Hall–Kier alpha value is -3.30. The Morgan fingerprint density at radius 1 is 0.733 bits per heavy atom. The molecule has 0 saturated carbocycles. The van der Waals surface area contributed by atoms with Crippen LogP contribution in [-0.2, 0) is 16.2 Å². The van der Waals surface area contributed by atoms with Gasteiger partial charge < -0.3 is 9.47 Å². The third kappa shape index (κ3) is 6.80. The van der Waals surface area contributed by atoms with E-state index in [2.05, 4.69) is 0 Å². The molecule has 1 saturated heterocycles. The number of hydrogen-bond acceptors (Lipinski definition) is 5. The maximum absolute atomic E-state index is 14.0. The molecule has 0 spiro atoms. The van der Waals surface area contributed by atoms with Crippen molar-refractivity contribution >= 4 is 105 Å². The summed E-state index contributed by atoms with van der Waals surface area (Å²) in [5.74, 6) is -0.768. The van der Waals surface area contributed by atoms with Crippen LogP contribution in [0.3, 0.4) is 0 Å². The van der Waals surface area contributed by atoms with E-state index in [1.165, 1.54) is 23.0 Å². The molecule has 230 valence electrons. The van der Waals surface area contributed by atoms with Crippen LogP contribution in [0, 0.1) is 13.8 Å². The number of benzene rings is 4. The quantitative estimate of drug-likeness (QED) is 0.108. The van der Waals surface area contributed by atoms with E-state index in [-0.39, 0.29) is 33.8 Å². The van der Waals surface area contributed by atoms with Gasteiger partial charge in [0.1, 0.15) is 12.2 Å². The van der Waals surface area contributed by atoms with E-state index < -0.39 is 11.8 Å². The summed E-state index contributed by atoms with van der Waals surface area (Å²) in [5.41, 5.74) is 3.32. The zero-order valence-corrected chi connectivity index (χ0v) is 28.6. The van der Waals surface area contributed by atoms with E-state index in [1.54, 1.807) is 66.7 Å². The lowest BCUT2D eigenvalue weighted by atomic mass is 10.0. The van der Waals surface area contributed by atoms with Crippen molar-refractivity contribution in [1.29, 1.82) is 0 Å². The normalized spacial score (nSPS) is 13.4. The number of halogens is 5. The fraction of sp³-hybridized carbons (Fsp3) is 0.121. The van der Waals surface area contributed by atoms with Crippen LogP contribution in [0.1, 0.15) is 22.3 Å². The zero-order valence-electron chi connectivity index (χ0n) is 24.0. The van der Waals surface area contributed by atoms with Gasteiger partial charge in [-0.05, 0) is 97.4 Å². The number of amides is 2. The lowest BCUT2D eigenvalue weighted by Gasteiger charge is -2.36. The first-order valence-corrected chi connectivity index (χ1v) is 15.6. The molecule has 4 aromatic rings. The molecule has 0 bridgehead atoms. The number of carbonyl (C=O) groups excluding carboxylic acids is 2. The minimum atomic E-state index is -0.646. The molecule has 0 aromatic heterocycles. The van der Waals surface area contributed by atoms with Crippen molar-refractivity contribution in [1.82, 2.24) is 0 Å². The summed E-state index contributed by atoms with van der Waals surface area (Å²) in [4.78, 5) is 30.5. The van der Waals surface area contributed by atoms with E-state index in [0.29, 0.717) is 42.6 Å². The van der Waals surface area contributed by atoms with Gasteiger partial charge in [0.15, 0.2) is 16.6 Å². The Balaban J connectivity index is 1.57. The van der Waals surface area contributed by atoms with Crippen LogP contribution < -0.4 is 19.3 Å². The average Bonchev–Trinajstić information content (AvgIpc) is 2.99. The van der Waals surface area contributed by atoms with Crippen LogP contribution in [0.5, 0.6) is 11.5 Å². The predicted octanol–water partition coefficient (Wildman–Crippen LogP) is 9.91. The molecule has 2 amide bonds. The van der Waals surface area contributed by atoms with Gasteiger partial charge in [0.2, 0.25) is 0 Å². The van der Waals surface area contributed by atoms with E-state index >= 15 is 0 Å². The van der Waals surface area contributed by atoms with Crippen molar-refractivity contribution in [2.75, 3.05) is 16.9 Å². The van der Waals surface area contributed by atoms with Crippen molar-refractivity contribution in [2.24, 2.45) is 0 Å². The van der Waals surface area contributed by atoms with Crippen LogP contribution in [0.15, 0.2) is 72.3 Å². The zero-order chi connectivity index (χ0) is 32.6. The first-order valence-electron chi connectivity index (χ1n) is 13.3. The van der Waals surface area contributed by atoms with E-state index in [0.717, 1.165) is 11.1 Å². The molecular weight excluding hydrogens is 698 g/mol. The Labute approximate surface area is 290 Å². The number of carbonyl (C=O) groups is 2. The number of thiocarbonyl (C=S) groups is 1. The van der Waals surface area contributed by atoms with Crippen LogP contribution in [-0.4, -0.2) is 24.0 Å². The van der Waals surface area contributed by atoms with Gasteiger partial charge in [0, 0.05) is 25.7 Å². The monoisotopic (exact) mass is 718 g/mol. The Kier molecular flexibility index (Phi) is 9.99. The van der Waals surface area contributed by atoms with Gasteiger partial charge in [-0.25, -0.2) is 0 Å². The number of aryl methyl sites for hydroxylation is 2. The molecule has 1 heterocycles. The molecule has 0 aliphatic carbocycles. The first kappa shape index (κ1) is 33.1. The molecule has 45 heavy (non-hydrogen) atoms. The molecular formula is C33H23Cl5N2O4S. The molecule has 1 fully saturated rings. The summed E-state index contributed by atoms with van der Waals surface area (Å²) < 4.78 is 11.5. The number of hydrogen-bond donors (Lipinski definition) is 0. The van der Waals surface area contributed by atoms with Gasteiger partial charge in [0.05, 0.1) is 23.5 Å². The van der Waals surface area contributed by atoms with E-state index in [1.807, 2.05) is 13.8 Å². The summed E-state index contributed by atoms with van der Waals surface area (Å²) in [6, 6.07) is 18.4. The first-order chi connectivity index (χ1) is 21.4. The van der Waals surface area contributed by atoms with E-state index in [9.17, 15) is 9.59 Å². The minimum absolute atomic E-state index is 0.0535. The molecule has 0 atom stereocenters. The molecule has 6 nitrogen and oxygen atoms in total. The minimum Gasteiger partial charge on any atom is -0.493 e. The number of ether oxygens (including phenoxy) is 2. The highest BCUT2D eigenvalue weighted by Crippen LogP contribution is 2.39. The second kappa shape index (κ2) is 13.6. The van der Waals surface area contributed by atoms with Crippen molar-refractivity contribution in [2.45, 2.75) is 20.5 Å². The lowest BCUT2D eigenvalue weighted by Crippen LogP contribution is -2.57. The number of anilines is 2. The Bertz CT molecular complexity index is 1840. The number of methoxy groups -OCH3 is 1. The van der Waals surface area contributed by atoms with Gasteiger partial charge in [-0.3, -0.25) is 19.4 Å². The molecule has 1 aliphatic rings. The summed E-state index contributed by atoms with van der Waals surface area (Å²) >= 11 is 37.5. The maximum Gasteiger partial charge on any atom is 0.270 e. The van der Waals surface area contributed by atoms with Crippen LogP contribution >= 0.6 is 70.2 Å². The van der Waals surface area contributed by atoms with Gasteiger partial charge >= 0.3 is 0 Å². The fourth-order valence-corrected chi connectivity index (χ4v) is 6.01. The van der Waals surface area contributed by atoms with Crippen LogP contribution in [0.25, 0.3) is 6.08 Å². The Morgan fingerprint density at radius 3 is 1.82 bits per heavy atom. The summed E-state index contributed by atoms with van der Waals surface area (Å²) in [6.45, 7) is 3.77. The van der Waals surface area contributed by atoms with Crippen molar-refractivity contribution in [3.63, 3.8) is 0 Å². The number of rotatable bonds is 7. The van der Waals surface area contributed by atoms with Gasteiger partial charge in [-0.2, -0.15) is 0 Å². The second-order valence-corrected chi connectivity index (χ2v) is 12.5. The van der Waals surface area contributed by atoms with E-state index in [4.69, 9.17) is 79.7 Å². The predicted molar refractivity (Wildman–Crippen MR) is 187 cm³/mol. The van der Waals surface area contributed by atoms with Crippen molar-refractivity contribution in [3.05, 3.63) is 120 Å². The standard InChI is InChI=1S/C33H23Cl5N2O4S/c1-17-4-8-22(14-25(17)35)39-31(41)24(32(42)40(33(39)45)23-9-5-18(2)26(36)15-23)10-19-11-28(38)30(29(12-19)43-3)44-16-20-6-7-21(34)13-27(20)37/h4-15H,16H2,1-3H3. The smallest absolute Gasteiger partial charge is 0.270 e. The fourth-order valence-electron chi connectivity index (χ4n) is 4.55. The molecule has 5 rings (SSSR count). The largest absolute Gasteiger partial charge is 0.493 e. The molecule has 0 N–H and O–H groups in total. The second-order valence-electron chi connectivity index (χ2n) is 10.0. The van der Waals surface area contributed by atoms with Crippen LogP contribution in [0.2, 0.25) is 25.1 Å². The number of nitrogens with zero attached hydrogens (tertiary/aromatic N) is 2. The van der Waals surface area contributed by atoms with Crippen molar-refractivity contribution < 1.29 is 19.1 Å². The van der Waals surface area contributed by atoms with Crippen LogP contribution in [0.4, 0.5) is 11.4 Å². The van der Waals surface area contributed by atoms with Crippen molar-refractivity contribution in [3.8, 4) is 11.5 Å². The molecule has 0 radical (unpaired) electrons. The molecule has 0 unspecified atom stereocenters. The van der Waals surface area contributed by atoms with Gasteiger partial charge in [-0.1, -0.05) is 76.2 Å². The maximum atomic E-state index is 14.0. The van der Waals surface area contributed by atoms with Gasteiger partial charge in [0.25, 0.3) is 11.8 Å². The Morgan fingerprint density at radius 2 is 1.31 bits per heavy atom. The average molecular weight is 721 g/mol. The third-order valence-corrected chi connectivity index (χ3v) is 9.07. The highest BCUT2D eigenvalue weighted by Gasteiger charge is 2.41. The lowest BCUT2D eigenvalue weighted by molar-refractivity contribution is -0.120. The summed E-state index contributed by atoms with van der Waals surface area (Å²) in [5, 5.41) is 1.93. The topological polar surface area (TPSA) is 59.1 Å². The third-order valence-electron chi connectivity index (χ3n) is 7.03. The molecule has 12 heteroatoms.